The van der Waals surface area contributed by atoms with Crippen LogP contribution in [0.2, 0.25) is 0 Å². The normalized spacial score (nSPS) is 16.2. The Balaban J connectivity index is 4.49. The SMILES string of the molecule is CCCCC(CC)(CO)COC(=O)OCC(CC)(CO)CCCC. The number of hydrogen-bond acceptors (Lipinski definition) is 5. The Labute approximate surface area is 147 Å². The Hall–Kier alpha value is -0.810. The van der Waals surface area contributed by atoms with Crippen LogP contribution in [-0.2, 0) is 9.47 Å². The van der Waals surface area contributed by atoms with Crippen LogP contribution in [0.5, 0.6) is 0 Å². The van der Waals surface area contributed by atoms with E-state index in [9.17, 15) is 15.0 Å². The van der Waals surface area contributed by atoms with E-state index in [2.05, 4.69) is 13.8 Å². The van der Waals surface area contributed by atoms with Gasteiger partial charge in [-0.15, -0.1) is 0 Å². The summed E-state index contributed by atoms with van der Waals surface area (Å²) >= 11 is 0. The Morgan fingerprint density at radius 2 is 1.17 bits per heavy atom. The van der Waals surface area contributed by atoms with E-state index < -0.39 is 6.16 Å². The topological polar surface area (TPSA) is 76.0 Å². The first-order chi connectivity index (χ1) is 11.5. The molecule has 0 spiro atoms. The van der Waals surface area contributed by atoms with Crippen molar-refractivity contribution in [2.45, 2.75) is 79.1 Å². The second-order valence-electron chi connectivity index (χ2n) is 7.06. The lowest BCUT2D eigenvalue weighted by Crippen LogP contribution is -2.34. The Kier molecular flexibility index (Phi) is 12.1. The number of aliphatic hydroxyl groups excluding tert-OH is 2. The van der Waals surface area contributed by atoms with Crippen molar-refractivity contribution in [3.63, 3.8) is 0 Å². The maximum absolute atomic E-state index is 11.9. The van der Waals surface area contributed by atoms with Gasteiger partial charge in [0.05, 0.1) is 13.2 Å². The summed E-state index contributed by atoms with van der Waals surface area (Å²) in [5.74, 6) is 0. The molecule has 0 aromatic rings. The molecule has 0 heterocycles. The van der Waals surface area contributed by atoms with Gasteiger partial charge < -0.3 is 19.7 Å². The standard InChI is InChI=1S/C19H38O5/c1-5-9-11-18(7-3,13-20)15-23-17(22)24-16-19(8-4,14-21)12-10-6-2/h20-21H,5-16H2,1-4H3. The molecular weight excluding hydrogens is 308 g/mol. The Morgan fingerprint density at radius 3 is 1.42 bits per heavy atom. The minimum Gasteiger partial charge on any atom is -0.434 e. The molecule has 0 fully saturated rings. The fourth-order valence-electron chi connectivity index (χ4n) is 2.74. The van der Waals surface area contributed by atoms with Crippen molar-refractivity contribution < 1.29 is 24.5 Å². The van der Waals surface area contributed by atoms with Crippen LogP contribution in [0, 0.1) is 10.8 Å². The largest absolute Gasteiger partial charge is 0.508 e. The van der Waals surface area contributed by atoms with Crippen LogP contribution in [0.25, 0.3) is 0 Å². The summed E-state index contributed by atoms with van der Waals surface area (Å²) in [6, 6.07) is 0. The first kappa shape index (κ1) is 23.2. The molecule has 144 valence electrons. The highest BCUT2D eigenvalue weighted by Crippen LogP contribution is 2.30. The molecule has 2 N–H and O–H groups in total. The molecule has 0 aromatic carbocycles. The van der Waals surface area contributed by atoms with Crippen LogP contribution in [0.3, 0.4) is 0 Å². The number of hydrogen-bond donors (Lipinski definition) is 2. The predicted molar refractivity (Wildman–Crippen MR) is 96.0 cm³/mol. The van der Waals surface area contributed by atoms with Crippen LogP contribution < -0.4 is 0 Å². The lowest BCUT2D eigenvalue weighted by molar-refractivity contribution is -0.0317. The Morgan fingerprint density at radius 1 is 0.792 bits per heavy atom. The second kappa shape index (κ2) is 12.5. The van der Waals surface area contributed by atoms with Gasteiger partial charge in [-0.2, -0.15) is 0 Å². The van der Waals surface area contributed by atoms with Gasteiger partial charge >= 0.3 is 6.16 Å². The molecule has 24 heavy (non-hydrogen) atoms. The number of rotatable bonds is 14. The van der Waals surface area contributed by atoms with Crippen molar-refractivity contribution in [1.29, 1.82) is 0 Å². The highest BCUT2D eigenvalue weighted by molar-refractivity contribution is 5.59. The summed E-state index contributed by atoms with van der Waals surface area (Å²) < 4.78 is 10.5. The summed E-state index contributed by atoms with van der Waals surface area (Å²) in [4.78, 5) is 11.9. The van der Waals surface area contributed by atoms with Gasteiger partial charge in [0.15, 0.2) is 0 Å². The lowest BCUT2D eigenvalue weighted by Gasteiger charge is -2.31. The Bertz CT molecular complexity index is 292. The van der Waals surface area contributed by atoms with Gasteiger partial charge in [-0.25, -0.2) is 4.79 Å². The van der Waals surface area contributed by atoms with E-state index in [-0.39, 0.29) is 37.3 Å². The molecule has 5 nitrogen and oxygen atoms in total. The molecule has 0 saturated carbocycles. The fraction of sp³-hybridized carbons (Fsp3) is 0.947. The zero-order chi connectivity index (χ0) is 18.5. The van der Waals surface area contributed by atoms with E-state index in [1.54, 1.807) is 0 Å². The average molecular weight is 347 g/mol. The number of carbonyl (C=O) groups is 1. The molecule has 0 radical (unpaired) electrons. The van der Waals surface area contributed by atoms with Crippen LogP contribution in [-0.4, -0.2) is 42.8 Å². The van der Waals surface area contributed by atoms with Gasteiger partial charge in [-0.1, -0.05) is 53.4 Å². The molecule has 0 rings (SSSR count). The zero-order valence-electron chi connectivity index (χ0n) is 16.1. The summed E-state index contributed by atoms with van der Waals surface area (Å²) in [5.41, 5.74) is -0.758. The van der Waals surface area contributed by atoms with E-state index in [4.69, 9.17) is 9.47 Å². The van der Waals surface area contributed by atoms with Gasteiger partial charge in [-0.3, -0.25) is 0 Å². The summed E-state index contributed by atoms with van der Waals surface area (Å²) in [6.07, 6.45) is 6.52. The third-order valence-electron chi connectivity index (χ3n) is 5.28. The third-order valence-corrected chi connectivity index (χ3v) is 5.28. The highest BCUT2D eigenvalue weighted by atomic mass is 16.7. The maximum atomic E-state index is 11.9. The zero-order valence-corrected chi connectivity index (χ0v) is 16.1. The fourth-order valence-corrected chi connectivity index (χ4v) is 2.74. The van der Waals surface area contributed by atoms with Crippen LogP contribution in [0.4, 0.5) is 4.79 Å². The molecule has 0 bridgehead atoms. The first-order valence-electron chi connectivity index (χ1n) is 9.48. The summed E-state index contributed by atoms with van der Waals surface area (Å²) in [5, 5.41) is 19.4. The summed E-state index contributed by atoms with van der Waals surface area (Å²) in [7, 11) is 0. The maximum Gasteiger partial charge on any atom is 0.508 e. The van der Waals surface area contributed by atoms with Crippen molar-refractivity contribution in [1.82, 2.24) is 0 Å². The van der Waals surface area contributed by atoms with Crippen LogP contribution in [0.1, 0.15) is 79.1 Å². The predicted octanol–water partition coefficient (Wildman–Crippen LogP) is 4.30. The van der Waals surface area contributed by atoms with Crippen LogP contribution in [0.15, 0.2) is 0 Å². The van der Waals surface area contributed by atoms with Gasteiger partial charge in [0.2, 0.25) is 0 Å². The van der Waals surface area contributed by atoms with E-state index in [0.717, 1.165) is 51.4 Å². The molecule has 5 heteroatoms. The van der Waals surface area contributed by atoms with Crippen molar-refractivity contribution in [2.75, 3.05) is 26.4 Å². The summed E-state index contributed by atoms with van der Waals surface area (Å²) in [6.45, 7) is 8.55. The number of aliphatic hydroxyl groups is 2. The molecule has 2 atom stereocenters. The van der Waals surface area contributed by atoms with Crippen LogP contribution >= 0.6 is 0 Å². The first-order valence-corrected chi connectivity index (χ1v) is 9.48. The van der Waals surface area contributed by atoms with Gasteiger partial charge in [0, 0.05) is 10.8 Å². The van der Waals surface area contributed by atoms with E-state index >= 15 is 0 Å². The van der Waals surface area contributed by atoms with Crippen molar-refractivity contribution in [3.8, 4) is 0 Å². The molecule has 0 aliphatic carbocycles. The minimum absolute atomic E-state index is 0.00280. The van der Waals surface area contributed by atoms with Gasteiger partial charge in [0.25, 0.3) is 0 Å². The van der Waals surface area contributed by atoms with E-state index in [1.807, 2.05) is 13.8 Å². The molecule has 2 unspecified atom stereocenters. The van der Waals surface area contributed by atoms with Gasteiger partial charge in [-0.05, 0) is 25.7 Å². The number of ether oxygens (including phenoxy) is 2. The third kappa shape index (κ3) is 7.84. The molecule has 0 amide bonds. The molecule has 0 aliphatic heterocycles. The quantitative estimate of drug-likeness (QED) is 0.459. The molecule has 0 aromatic heterocycles. The van der Waals surface area contributed by atoms with Crippen molar-refractivity contribution >= 4 is 6.16 Å². The molecule has 0 saturated heterocycles. The minimum atomic E-state index is -0.708. The van der Waals surface area contributed by atoms with Crippen molar-refractivity contribution in [3.05, 3.63) is 0 Å². The number of carbonyl (C=O) groups excluding carboxylic acids is 1. The molecular formula is C19H38O5. The number of unbranched alkanes of at least 4 members (excludes halogenated alkanes) is 2. The lowest BCUT2D eigenvalue weighted by atomic mass is 9.82. The monoisotopic (exact) mass is 346 g/mol. The van der Waals surface area contributed by atoms with E-state index in [0.29, 0.717) is 0 Å². The van der Waals surface area contributed by atoms with Gasteiger partial charge in [0.1, 0.15) is 13.2 Å². The van der Waals surface area contributed by atoms with E-state index in [1.165, 1.54) is 0 Å². The highest BCUT2D eigenvalue weighted by Gasteiger charge is 2.31. The molecule has 0 aliphatic rings. The second-order valence-corrected chi connectivity index (χ2v) is 7.06. The smallest absolute Gasteiger partial charge is 0.434 e. The average Bonchev–Trinajstić information content (AvgIpc) is 2.63. The van der Waals surface area contributed by atoms with Crippen molar-refractivity contribution in [2.24, 2.45) is 10.8 Å².